The van der Waals surface area contributed by atoms with Gasteiger partial charge in [0.25, 0.3) is 5.91 Å². The number of carbonyl (C=O) groups is 1. The number of halogens is 4. The maximum atomic E-state index is 12.8. The molecule has 0 saturated heterocycles. The second-order valence-corrected chi connectivity index (χ2v) is 12.3. The first-order chi connectivity index (χ1) is 15.0. The van der Waals surface area contributed by atoms with E-state index < -0.39 is 32.8 Å². The van der Waals surface area contributed by atoms with Gasteiger partial charge >= 0.3 is 6.18 Å². The molecule has 0 aliphatic heterocycles. The van der Waals surface area contributed by atoms with E-state index in [0.29, 0.717) is 43.3 Å². The minimum Gasteiger partial charge on any atom is -0.349 e. The van der Waals surface area contributed by atoms with Crippen LogP contribution in [-0.4, -0.2) is 36.4 Å². The summed E-state index contributed by atoms with van der Waals surface area (Å²) in [7, 11) is -3.07. The van der Waals surface area contributed by atoms with E-state index in [-0.39, 0.29) is 22.8 Å². The largest absolute Gasteiger partial charge is 0.433 e. The zero-order chi connectivity index (χ0) is 23.1. The molecule has 3 aliphatic rings. The molecule has 1 aromatic rings. The van der Waals surface area contributed by atoms with E-state index in [1.807, 2.05) is 0 Å². The van der Waals surface area contributed by atoms with Crippen LogP contribution in [0.15, 0.2) is 12.1 Å². The lowest BCUT2D eigenvalue weighted by molar-refractivity contribution is -0.141. The molecule has 0 aromatic carbocycles. The molecule has 1 amide bonds. The molecule has 3 aliphatic carbocycles. The lowest BCUT2D eigenvalue weighted by Crippen LogP contribution is -2.43. The first-order valence-corrected chi connectivity index (χ1v) is 13.4. The summed E-state index contributed by atoms with van der Waals surface area (Å²) in [4.78, 5) is 16.2. The highest BCUT2D eigenvalue weighted by molar-refractivity contribution is 7.92. The van der Waals surface area contributed by atoms with Gasteiger partial charge in [-0.3, -0.25) is 4.79 Å². The molecule has 3 fully saturated rings. The number of nitrogens with one attached hydrogen (secondary N) is 1. The average Bonchev–Trinajstić information content (AvgIpc) is 3.64. The van der Waals surface area contributed by atoms with Gasteiger partial charge in [-0.25, -0.2) is 13.4 Å². The monoisotopic (exact) mass is 492 g/mol. The van der Waals surface area contributed by atoms with Gasteiger partial charge in [0.05, 0.1) is 16.6 Å². The zero-order valence-electron chi connectivity index (χ0n) is 17.7. The summed E-state index contributed by atoms with van der Waals surface area (Å²) >= 11 is 5.89. The smallest absolute Gasteiger partial charge is 0.349 e. The molecule has 0 radical (unpaired) electrons. The summed E-state index contributed by atoms with van der Waals surface area (Å²) in [5.74, 6) is 0.766. The number of alkyl halides is 3. The minimum atomic E-state index is -4.63. The highest BCUT2D eigenvalue weighted by atomic mass is 35.5. The van der Waals surface area contributed by atoms with E-state index in [1.165, 1.54) is 0 Å². The van der Waals surface area contributed by atoms with Crippen molar-refractivity contribution in [3.63, 3.8) is 0 Å². The Hall–Kier alpha value is -1.35. The van der Waals surface area contributed by atoms with Crippen LogP contribution in [0.1, 0.15) is 73.8 Å². The van der Waals surface area contributed by atoms with Crippen LogP contribution in [-0.2, 0) is 16.0 Å². The van der Waals surface area contributed by atoms with E-state index in [9.17, 15) is 26.4 Å². The molecule has 178 valence electrons. The van der Waals surface area contributed by atoms with Crippen molar-refractivity contribution in [1.29, 1.82) is 0 Å². The first kappa shape index (κ1) is 23.8. The molecule has 0 spiro atoms. The Morgan fingerprint density at radius 2 is 1.69 bits per heavy atom. The van der Waals surface area contributed by atoms with Crippen molar-refractivity contribution in [3.8, 4) is 0 Å². The van der Waals surface area contributed by atoms with E-state index in [0.717, 1.165) is 44.2 Å². The van der Waals surface area contributed by atoms with Gasteiger partial charge in [-0.15, -0.1) is 0 Å². The number of pyridine rings is 1. The van der Waals surface area contributed by atoms with Crippen LogP contribution >= 0.6 is 11.6 Å². The van der Waals surface area contributed by atoms with Crippen LogP contribution < -0.4 is 5.32 Å². The van der Waals surface area contributed by atoms with Gasteiger partial charge in [0.1, 0.15) is 10.8 Å². The maximum Gasteiger partial charge on any atom is 0.433 e. The Morgan fingerprint density at radius 3 is 2.22 bits per heavy atom. The summed E-state index contributed by atoms with van der Waals surface area (Å²) in [5, 5.41) is 2.20. The molecular weight excluding hydrogens is 465 g/mol. The van der Waals surface area contributed by atoms with Gasteiger partial charge in [-0.2, -0.15) is 13.2 Å². The van der Waals surface area contributed by atoms with Crippen LogP contribution in [0.4, 0.5) is 13.2 Å². The molecule has 1 aromatic heterocycles. The van der Waals surface area contributed by atoms with E-state index in [2.05, 4.69) is 10.3 Å². The lowest BCUT2D eigenvalue weighted by atomic mass is 9.81. The highest BCUT2D eigenvalue weighted by Crippen LogP contribution is 2.40. The average molecular weight is 493 g/mol. The van der Waals surface area contributed by atoms with Gasteiger partial charge in [-0.05, 0) is 74.8 Å². The summed E-state index contributed by atoms with van der Waals surface area (Å²) < 4.78 is 63.7. The number of hydrogen-bond donors (Lipinski definition) is 1. The van der Waals surface area contributed by atoms with Crippen molar-refractivity contribution in [2.45, 2.75) is 75.3 Å². The van der Waals surface area contributed by atoms with Gasteiger partial charge in [0.2, 0.25) is 0 Å². The van der Waals surface area contributed by atoms with E-state index in [4.69, 9.17) is 11.6 Å². The van der Waals surface area contributed by atoms with E-state index in [1.54, 1.807) is 0 Å². The second-order valence-electron chi connectivity index (χ2n) is 9.60. The van der Waals surface area contributed by atoms with Gasteiger partial charge < -0.3 is 5.32 Å². The Balaban J connectivity index is 1.40. The molecule has 0 bridgehead atoms. The molecule has 5 nitrogen and oxygen atoms in total. The molecule has 1 heterocycles. The molecule has 4 rings (SSSR count). The molecule has 1 unspecified atom stereocenters. The van der Waals surface area contributed by atoms with Crippen molar-refractivity contribution < 1.29 is 26.4 Å². The highest BCUT2D eigenvalue weighted by Gasteiger charge is 2.39. The fraction of sp³-hybridized carbons (Fsp3) is 0.727. The fourth-order valence-electron chi connectivity index (χ4n) is 4.69. The number of aromatic nitrogens is 1. The third kappa shape index (κ3) is 5.95. The normalized spacial score (nSPS) is 25.4. The summed E-state index contributed by atoms with van der Waals surface area (Å²) in [6, 6.07) is 1.66. The first-order valence-electron chi connectivity index (χ1n) is 11.3. The molecular formula is C22H28ClF3N2O3S. The van der Waals surface area contributed by atoms with Crippen molar-refractivity contribution >= 4 is 27.3 Å². The predicted molar refractivity (Wildman–Crippen MR) is 115 cm³/mol. The SMILES string of the molecule is O=C(NC(CC1CC1)C1CCC(S(=O)(=O)CC2CC2)CC1)c1ccc(C(F)(F)F)nc1Cl. The topological polar surface area (TPSA) is 76.1 Å². The number of amides is 1. The second kappa shape index (κ2) is 9.12. The van der Waals surface area contributed by atoms with E-state index >= 15 is 0 Å². The maximum absolute atomic E-state index is 12.8. The Morgan fingerprint density at radius 1 is 1.06 bits per heavy atom. The van der Waals surface area contributed by atoms with Gasteiger partial charge in [0, 0.05) is 6.04 Å². The zero-order valence-corrected chi connectivity index (χ0v) is 19.3. The van der Waals surface area contributed by atoms with Crippen LogP contribution in [0.2, 0.25) is 5.15 Å². The third-order valence-corrected chi connectivity index (χ3v) is 9.66. The number of nitrogens with zero attached hydrogens (tertiary/aromatic N) is 1. The van der Waals surface area contributed by atoms with Crippen LogP contribution in [0.3, 0.4) is 0 Å². The summed E-state index contributed by atoms with van der Waals surface area (Å²) in [6.45, 7) is 0. The third-order valence-electron chi connectivity index (χ3n) is 6.95. The Kier molecular flexibility index (Phi) is 6.78. The Bertz CT molecular complexity index is 954. The number of carbonyl (C=O) groups excluding carboxylic acids is 1. The van der Waals surface area contributed by atoms with Crippen molar-refractivity contribution in [3.05, 3.63) is 28.5 Å². The van der Waals surface area contributed by atoms with Crippen molar-refractivity contribution in [1.82, 2.24) is 10.3 Å². The molecule has 1 atom stereocenters. The van der Waals surface area contributed by atoms with Crippen LogP contribution in [0.5, 0.6) is 0 Å². The molecule has 3 saturated carbocycles. The number of sulfone groups is 1. The van der Waals surface area contributed by atoms with Gasteiger partial charge in [0.15, 0.2) is 9.84 Å². The van der Waals surface area contributed by atoms with Crippen molar-refractivity contribution in [2.75, 3.05) is 5.75 Å². The van der Waals surface area contributed by atoms with Crippen molar-refractivity contribution in [2.24, 2.45) is 17.8 Å². The van der Waals surface area contributed by atoms with Gasteiger partial charge in [-0.1, -0.05) is 24.4 Å². The standard InChI is InChI=1S/C22H28ClF3N2O3S/c23-20-17(9-10-19(28-20)22(24,25)26)21(29)27-18(11-13-1-2-13)15-5-7-16(8-6-15)32(30,31)12-14-3-4-14/h9-10,13-16,18H,1-8,11-12H2,(H,27,29). The number of rotatable bonds is 8. The minimum absolute atomic E-state index is 0.0823. The summed E-state index contributed by atoms with van der Waals surface area (Å²) in [5.41, 5.74) is -1.22. The number of hydrogen-bond acceptors (Lipinski definition) is 4. The lowest BCUT2D eigenvalue weighted by Gasteiger charge is -2.34. The van der Waals surface area contributed by atoms with Crippen LogP contribution in [0, 0.1) is 17.8 Å². The quantitative estimate of drug-likeness (QED) is 0.516. The molecule has 32 heavy (non-hydrogen) atoms. The van der Waals surface area contributed by atoms with Crippen LogP contribution in [0.25, 0.3) is 0 Å². The summed E-state index contributed by atoms with van der Waals surface area (Å²) in [6.07, 6.45) is 2.99. The fourth-order valence-corrected chi connectivity index (χ4v) is 7.18. The predicted octanol–water partition coefficient (Wildman–Crippen LogP) is 5.04. The molecule has 1 N–H and O–H groups in total. The molecule has 10 heteroatoms. The Labute approximate surface area is 191 Å².